The van der Waals surface area contributed by atoms with Crippen molar-refractivity contribution in [2.24, 2.45) is 0 Å². The van der Waals surface area contributed by atoms with Crippen LogP contribution in [0.5, 0.6) is 0 Å². The maximum atomic E-state index is 11.8. The second-order valence-electron chi connectivity index (χ2n) is 5.08. The van der Waals surface area contributed by atoms with Gasteiger partial charge in [-0.2, -0.15) is 11.3 Å². The molecule has 0 aliphatic carbocycles. The minimum atomic E-state index is -0.912. The van der Waals surface area contributed by atoms with Gasteiger partial charge >= 0.3 is 0 Å². The number of thiophene rings is 1. The van der Waals surface area contributed by atoms with Gasteiger partial charge in [-0.1, -0.05) is 0 Å². The first-order chi connectivity index (χ1) is 8.79. The Morgan fingerprint density at radius 1 is 1.47 bits per heavy atom. The molecule has 0 saturated heterocycles. The van der Waals surface area contributed by atoms with Gasteiger partial charge in [-0.25, -0.2) is 0 Å². The summed E-state index contributed by atoms with van der Waals surface area (Å²) in [5.41, 5.74) is -0.299. The predicted molar refractivity (Wildman–Crippen MR) is 75.2 cm³/mol. The lowest BCUT2D eigenvalue weighted by Gasteiger charge is -2.25. The third-order valence-corrected chi connectivity index (χ3v) is 3.14. The summed E-state index contributed by atoms with van der Waals surface area (Å²) < 4.78 is 0. The van der Waals surface area contributed by atoms with Gasteiger partial charge in [0.25, 0.3) is 5.91 Å². The molecule has 0 aromatic carbocycles. The molecule has 0 aliphatic heterocycles. The summed E-state index contributed by atoms with van der Waals surface area (Å²) in [4.78, 5) is 24.8. The van der Waals surface area contributed by atoms with E-state index in [1.165, 1.54) is 16.2 Å². The molecule has 6 heteroatoms. The summed E-state index contributed by atoms with van der Waals surface area (Å²) in [5, 5.41) is 15.9. The number of rotatable bonds is 6. The highest BCUT2D eigenvalue weighted by atomic mass is 32.1. The van der Waals surface area contributed by atoms with E-state index >= 15 is 0 Å². The minimum Gasteiger partial charge on any atom is -0.389 e. The zero-order valence-electron chi connectivity index (χ0n) is 11.5. The Bertz CT molecular complexity index is 424. The molecule has 0 saturated carbocycles. The number of hydrogen-bond donors (Lipinski definition) is 2. The summed E-state index contributed by atoms with van der Waals surface area (Å²) in [5.74, 6) is -0.271. The highest BCUT2D eigenvalue weighted by molar-refractivity contribution is 7.08. The maximum Gasteiger partial charge on any atom is 0.252 e. The highest BCUT2D eigenvalue weighted by Gasteiger charge is 2.19. The number of amides is 2. The van der Waals surface area contributed by atoms with E-state index in [0.29, 0.717) is 12.1 Å². The maximum absolute atomic E-state index is 11.8. The van der Waals surface area contributed by atoms with Gasteiger partial charge in [0.1, 0.15) is 0 Å². The number of carbonyl (C=O) groups is 2. The van der Waals surface area contributed by atoms with Crippen LogP contribution < -0.4 is 5.32 Å². The lowest BCUT2D eigenvalue weighted by atomic mass is 10.1. The van der Waals surface area contributed by atoms with Crippen LogP contribution in [-0.2, 0) is 4.79 Å². The van der Waals surface area contributed by atoms with Gasteiger partial charge < -0.3 is 15.3 Å². The number of nitrogens with zero attached hydrogens (tertiary/aromatic N) is 1. The van der Waals surface area contributed by atoms with Crippen LogP contribution in [-0.4, -0.2) is 47.6 Å². The van der Waals surface area contributed by atoms with Gasteiger partial charge in [0, 0.05) is 37.5 Å². The average Bonchev–Trinajstić information content (AvgIpc) is 2.79. The van der Waals surface area contributed by atoms with E-state index in [0.717, 1.165) is 0 Å². The molecule has 0 fully saturated rings. The largest absolute Gasteiger partial charge is 0.389 e. The second-order valence-corrected chi connectivity index (χ2v) is 5.86. The van der Waals surface area contributed by atoms with Crippen molar-refractivity contribution in [3.05, 3.63) is 22.4 Å². The quantitative estimate of drug-likeness (QED) is 0.822. The first kappa shape index (κ1) is 15.7. The van der Waals surface area contributed by atoms with Crippen molar-refractivity contribution in [2.75, 3.05) is 20.1 Å². The van der Waals surface area contributed by atoms with Gasteiger partial charge in [0.15, 0.2) is 0 Å². The van der Waals surface area contributed by atoms with E-state index in [1.807, 2.05) is 5.38 Å². The van der Waals surface area contributed by atoms with Gasteiger partial charge in [-0.15, -0.1) is 0 Å². The molecule has 0 aliphatic rings. The Morgan fingerprint density at radius 2 is 2.16 bits per heavy atom. The molecule has 0 atom stereocenters. The van der Waals surface area contributed by atoms with E-state index in [1.54, 1.807) is 32.3 Å². The summed E-state index contributed by atoms with van der Waals surface area (Å²) >= 11 is 1.46. The minimum absolute atomic E-state index is 0.104. The Balaban J connectivity index is 2.29. The number of carbonyl (C=O) groups excluding carboxylic acids is 2. The molecule has 1 rings (SSSR count). The second kappa shape index (κ2) is 6.68. The van der Waals surface area contributed by atoms with Crippen LogP contribution >= 0.6 is 11.3 Å². The lowest BCUT2D eigenvalue weighted by Crippen LogP contribution is -2.40. The van der Waals surface area contributed by atoms with E-state index in [2.05, 4.69) is 5.32 Å². The first-order valence-corrected chi connectivity index (χ1v) is 7.00. The van der Waals surface area contributed by atoms with E-state index in [-0.39, 0.29) is 24.8 Å². The fraction of sp³-hybridized carbons (Fsp3) is 0.538. The van der Waals surface area contributed by atoms with E-state index in [4.69, 9.17) is 0 Å². The van der Waals surface area contributed by atoms with Gasteiger partial charge in [-0.3, -0.25) is 9.59 Å². The third kappa shape index (κ3) is 5.85. The van der Waals surface area contributed by atoms with Crippen LogP contribution in [0, 0.1) is 0 Å². The molecule has 106 valence electrons. The molecule has 2 amide bonds. The summed E-state index contributed by atoms with van der Waals surface area (Å²) in [7, 11) is 1.64. The Kier molecular flexibility index (Phi) is 5.50. The number of likely N-dealkylation sites (N-methyl/N-ethyl adjacent to an activating group) is 1. The standard InChI is InChI=1S/C13H20N2O3S/c1-13(2,18)9-15(3)11(16)4-6-14-12(17)10-5-7-19-8-10/h5,7-8,18H,4,6,9H2,1-3H3,(H,14,17). The van der Waals surface area contributed by atoms with Crippen molar-refractivity contribution in [1.29, 1.82) is 0 Å². The normalized spacial score (nSPS) is 11.2. The number of nitrogens with one attached hydrogen (secondary N) is 1. The number of hydrogen-bond acceptors (Lipinski definition) is 4. The van der Waals surface area contributed by atoms with E-state index < -0.39 is 5.60 Å². The molecule has 19 heavy (non-hydrogen) atoms. The molecule has 0 radical (unpaired) electrons. The zero-order valence-corrected chi connectivity index (χ0v) is 12.3. The summed E-state index contributed by atoms with van der Waals surface area (Å²) in [6, 6.07) is 1.74. The molecule has 2 N–H and O–H groups in total. The predicted octanol–water partition coefficient (Wildman–Crippen LogP) is 1.10. The van der Waals surface area contributed by atoms with Crippen LogP contribution in [0.1, 0.15) is 30.6 Å². The van der Waals surface area contributed by atoms with Crippen molar-refractivity contribution in [3.8, 4) is 0 Å². The van der Waals surface area contributed by atoms with Crippen LogP contribution in [0.15, 0.2) is 16.8 Å². The van der Waals surface area contributed by atoms with Crippen molar-refractivity contribution in [2.45, 2.75) is 25.9 Å². The Labute approximate surface area is 117 Å². The first-order valence-electron chi connectivity index (χ1n) is 6.06. The Morgan fingerprint density at radius 3 is 2.68 bits per heavy atom. The molecule has 1 heterocycles. The molecule has 1 aromatic rings. The Hall–Kier alpha value is -1.40. The SMILES string of the molecule is CN(CC(C)(C)O)C(=O)CCNC(=O)c1ccsc1. The van der Waals surface area contributed by atoms with E-state index in [9.17, 15) is 14.7 Å². The van der Waals surface area contributed by atoms with Crippen LogP contribution in [0.2, 0.25) is 0 Å². The smallest absolute Gasteiger partial charge is 0.252 e. The number of aliphatic hydroxyl groups is 1. The molecule has 0 bridgehead atoms. The van der Waals surface area contributed by atoms with Crippen molar-refractivity contribution >= 4 is 23.2 Å². The molecule has 0 spiro atoms. The third-order valence-electron chi connectivity index (χ3n) is 2.46. The van der Waals surface area contributed by atoms with Gasteiger partial charge in [-0.05, 0) is 25.3 Å². The van der Waals surface area contributed by atoms with Crippen LogP contribution in [0.3, 0.4) is 0 Å². The molecule has 1 aromatic heterocycles. The molecule has 5 nitrogen and oxygen atoms in total. The van der Waals surface area contributed by atoms with Crippen molar-refractivity contribution in [1.82, 2.24) is 10.2 Å². The highest BCUT2D eigenvalue weighted by Crippen LogP contribution is 2.06. The average molecular weight is 284 g/mol. The van der Waals surface area contributed by atoms with Gasteiger partial charge in [0.2, 0.25) is 5.91 Å². The van der Waals surface area contributed by atoms with Crippen LogP contribution in [0.25, 0.3) is 0 Å². The lowest BCUT2D eigenvalue weighted by molar-refractivity contribution is -0.132. The molecular weight excluding hydrogens is 264 g/mol. The van der Waals surface area contributed by atoms with Gasteiger partial charge in [0.05, 0.1) is 5.60 Å². The monoisotopic (exact) mass is 284 g/mol. The summed E-state index contributed by atoms with van der Waals surface area (Å²) in [6.07, 6.45) is 0.225. The fourth-order valence-corrected chi connectivity index (χ4v) is 2.27. The molecular formula is C13H20N2O3S. The van der Waals surface area contributed by atoms with Crippen molar-refractivity contribution in [3.63, 3.8) is 0 Å². The zero-order chi connectivity index (χ0) is 14.5. The van der Waals surface area contributed by atoms with Crippen LogP contribution in [0.4, 0.5) is 0 Å². The topological polar surface area (TPSA) is 69.6 Å². The molecule has 0 unspecified atom stereocenters. The summed E-state index contributed by atoms with van der Waals surface area (Å²) in [6.45, 7) is 3.86. The fourth-order valence-electron chi connectivity index (χ4n) is 1.64. The van der Waals surface area contributed by atoms with Crippen molar-refractivity contribution < 1.29 is 14.7 Å².